The van der Waals surface area contributed by atoms with Gasteiger partial charge in [-0.2, -0.15) is 8.78 Å². The third-order valence-electron chi connectivity index (χ3n) is 5.22. The number of allylic oxidation sites excluding steroid dienone is 5. The number of aliphatic imine (C=N–C) groups is 1. The molecule has 0 spiro atoms. The van der Waals surface area contributed by atoms with E-state index in [0.717, 1.165) is 30.4 Å². The first-order valence-electron chi connectivity index (χ1n) is 9.75. The molecule has 0 aromatic heterocycles. The molecule has 0 saturated carbocycles. The van der Waals surface area contributed by atoms with Crippen molar-refractivity contribution in [2.24, 2.45) is 10.7 Å². The lowest BCUT2D eigenvalue weighted by Gasteiger charge is -2.30. The maximum absolute atomic E-state index is 13.3. The van der Waals surface area contributed by atoms with Gasteiger partial charge in [0.2, 0.25) is 0 Å². The molecule has 1 aliphatic carbocycles. The number of nitrogens with zero attached hydrogens (tertiary/aromatic N) is 2. The molecule has 0 fully saturated rings. The van der Waals surface area contributed by atoms with Crippen LogP contribution in [-0.4, -0.2) is 42.1 Å². The molecule has 0 radical (unpaired) electrons. The van der Waals surface area contributed by atoms with Gasteiger partial charge in [0.05, 0.1) is 0 Å². The largest absolute Gasteiger partial charge is 0.435 e. The number of alkyl halides is 2. The first-order chi connectivity index (χ1) is 14.4. The zero-order chi connectivity index (χ0) is 21.7. The van der Waals surface area contributed by atoms with E-state index in [0.29, 0.717) is 12.0 Å². The van der Waals surface area contributed by atoms with Crippen LogP contribution < -0.4 is 10.5 Å². The number of carbonyl (C=O) groups excluding carboxylic acids is 1. The lowest BCUT2D eigenvalue weighted by atomic mass is 9.77. The number of hydrogen-bond donors (Lipinski definition) is 2. The van der Waals surface area contributed by atoms with Crippen LogP contribution in [0.2, 0.25) is 0 Å². The fourth-order valence-electron chi connectivity index (χ4n) is 3.66. The number of halogens is 2. The number of aliphatic hydroxyl groups excluding tert-OH is 1. The minimum atomic E-state index is -2.93. The van der Waals surface area contributed by atoms with E-state index < -0.39 is 12.2 Å². The Kier molecular flexibility index (Phi) is 6.66. The monoisotopic (exact) mass is 417 g/mol. The Hall–Kier alpha value is -3.00. The Bertz CT molecular complexity index is 907. The van der Waals surface area contributed by atoms with E-state index in [1.165, 1.54) is 17.0 Å². The molecule has 0 bridgehead atoms. The van der Waals surface area contributed by atoms with Crippen LogP contribution in [0.1, 0.15) is 31.2 Å². The van der Waals surface area contributed by atoms with Crippen LogP contribution >= 0.6 is 0 Å². The summed E-state index contributed by atoms with van der Waals surface area (Å²) in [4.78, 5) is 19.1. The third-order valence-corrected chi connectivity index (χ3v) is 5.22. The highest BCUT2D eigenvalue weighted by molar-refractivity contribution is 6.09. The van der Waals surface area contributed by atoms with Crippen molar-refractivity contribution in [3.8, 4) is 5.75 Å². The van der Waals surface area contributed by atoms with Crippen LogP contribution in [0.15, 0.2) is 64.7 Å². The molecular weight excluding hydrogens is 392 g/mol. The van der Waals surface area contributed by atoms with Crippen molar-refractivity contribution in [3.05, 3.63) is 65.3 Å². The molecule has 0 saturated heterocycles. The van der Waals surface area contributed by atoms with Gasteiger partial charge in [0.25, 0.3) is 5.91 Å². The lowest BCUT2D eigenvalue weighted by Crippen LogP contribution is -2.41. The van der Waals surface area contributed by atoms with Gasteiger partial charge in [0, 0.05) is 13.7 Å². The number of aliphatic hydroxyl groups is 1. The minimum absolute atomic E-state index is 0.00152. The van der Waals surface area contributed by atoms with E-state index in [1.54, 1.807) is 19.2 Å². The summed E-state index contributed by atoms with van der Waals surface area (Å²) in [6.45, 7) is -2.77. The van der Waals surface area contributed by atoms with Gasteiger partial charge in [0.15, 0.2) is 11.5 Å². The van der Waals surface area contributed by atoms with Crippen molar-refractivity contribution < 1.29 is 23.4 Å². The summed E-state index contributed by atoms with van der Waals surface area (Å²) in [5.74, 6) is -0.206. The predicted molar refractivity (Wildman–Crippen MR) is 110 cm³/mol. The highest BCUT2D eigenvalue weighted by atomic mass is 19.3. The number of guanidine groups is 1. The van der Waals surface area contributed by atoms with Gasteiger partial charge in [-0.3, -0.25) is 9.69 Å². The summed E-state index contributed by atoms with van der Waals surface area (Å²) < 4.78 is 29.4. The van der Waals surface area contributed by atoms with Gasteiger partial charge in [-0.15, -0.1) is 0 Å². The summed E-state index contributed by atoms with van der Waals surface area (Å²) in [6.07, 6.45) is 10.7. The number of hydrogen-bond acceptors (Lipinski definition) is 5. The van der Waals surface area contributed by atoms with E-state index in [9.17, 15) is 13.6 Å². The molecule has 3 rings (SSSR count). The molecular formula is C22H25F2N3O3. The summed E-state index contributed by atoms with van der Waals surface area (Å²) >= 11 is 0. The second kappa shape index (κ2) is 9.21. The fourth-order valence-corrected chi connectivity index (χ4v) is 3.66. The molecule has 1 aromatic rings. The molecule has 1 aromatic carbocycles. The maximum atomic E-state index is 13.3. The van der Waals surface area contributed by atoms with E-state index in [2.05, 4.69) is 15.8 Å². The number of amides is 1. The number of rotatable bonds is 8. The third kappa shape index (κ3) is 4.28. The van der Waals surface area contributed by atoms with Gasteiger partial charge in [-0.05, 0) is 54.5 Å². The highest BCUT2D eigenvalue weighted by Gasteiger charge is 2.50. The molecule has 6 nitrogen and oxygen atoms in total. The van der Waals surface area contributed by atoms with Gasteiger partial charge < -0.3 is 15.6 Å². The van der Waals surface area contributed by atoms with Crippen LogP contribution in [0.25, 0.3) is 0 Å². The summed E-state index contributed by atoms with van der Waals surface area (Å²) in [7, 11) is 1.56. The second-order valence-corrected chi connectivity index (χ2v) is 7.17. The van der Waals surface area contributed by atoms with Crippen molar-refractivity contribution in [2.75, 3.05) is 13.7 Å². The summed E-state index contributed by atoms with van der Waals surface area (Å²) in [5, 5.41) is 8.93. The van der Waals surface area contributed by atoms with E-state index in [4.69, 9.17) is 10.8 Å². The highest BCUT2D eigenvalue weighted by Crippen LogP contribution is 2.43. The smallest absolute Gasteiger partial charge is 0.387 e. The number of carbonyl (C=O) groups is 1. The molecule has 1 amide bonds. The van der Waals surface area contributed by atoms with E-state index in [-0.39, 0.29) is 24.2 Å². The Morgan fingerprint density at radius 3 is 2.67 bits per heavy atom. The van der Waals surface area contributed by atoms with Crippen molar-refractivity contribution in [1.82, 2.24) is 4.90 Å². The minimum Gasteiger partial charge on any atom is -0.435 e. The second-order valence-electron chi connectivity index (χ2n) is 7.17. The number of nitrogens with two attached hydrogens (primary N) is 1. The molecule has 8 heteroatoms. The molecule has 2 aliphatic rings. The zero-order valence-corrected chi connectivity index (χ0v) is 16.7. The number of ether oxygens (including phenoxy) is 1. The molecule has 1 aliphatic heterocycles. The van der Waals surface area contributed by atoms with Gasteiger partial charge in [0.1, 0.15) is 5.75 Å². The number of unbranched alkanes of at least 4 members (excludes halogenated alkanes) is 2. The topological polar surface area (TPSA) is 88.2 Å². The summed E-state index contributed by atoms with van der Waals surface area (Å²) in [5.41, 5.74) is 6.95. The standard InChI is InChI=1S/C22H25F2N3O3/c1-27-19(29)22(26-21(27)25,16-9-11-18(12-10-16)30-20(23)24)17-8-5-7-15(14-17)6-3-2-4-13-28/h5-12,20,28H,2-4,13-14H2,1H3,(H2,25,26). The van der Waals surface area contributed by atoms with Crippen molar-refractivity contribution in [1.29, 1.82) is 0 Å². The first-order valence-corrected chi connectivity index (χ1v) is 9.75. The van der Waals surface area contributed by atoms with Gasteiger partial charge >= 0.3 is 6.61 Å². The normalized spacial score (nSPS) is 22.6. The van der Waals surface area contributed by atoms with Gasteiger partial charge in [-0.1, -0.05) is 36.4 Å². The van der Waals surface area contributed by atoms with Gasteiger partial charge in [-0.25, -0.2) is 4.99 Å². The van der Waals surface area contributed by atoms with E-state index >= 15 is 0 Å². The zero-order valence-electron chi connectivity index (χ0n) is 16.7. The lowest BCUT2D eigenvalue weighted by molar-refractivity contribution is -0.129. The molecule has 160 valence electrons. The van der Waals surface area contributed by atoms with Crippen LogP contribution in [0.5, 0.6) is 5.75 Å². The maximum Gasteiger partial charge on any atom is 0.387 e. The van der Waals surface area contributed by atoms with Crippen molar-refractivity contribution >= 4 is 11.9 Å². The SMILES string of the molecule is CN1C(=O)C(C2=CC=CC(=CCCCCO)C2)(c2ccc(OC(F)F)cc2)N=C1N. The van der Waals surface area contributed by atoms with Crippen LogP contribution in [-0.2, 0) is 10.3 Å². The molecule has 1 unspecified atom stereocenters. The first kappa shape index (κ1) is 21.7. The molecule has 1 heterocycles. The summed E-state index contributed by atoms with van der Waals surface area (Å²) in [6, 6.07) is 5.92. The Labute approximate surface area is 174 Å². The fraction of sp³-hybridized carbons (Fsp3) is 0.364. The Morgan fingerprint density at radius 2 is 2.07 bits per heavy atom. The Morgan fingerprint density at radius 1 is 1.33 bits per heavy atom. The predicted octanol–water partition coefficient (Wildman–Crippen LogP) is 3.25. The number of benzene rings is 1. The van der Waals surface area contributed by atoms with E-state index in [1.807, 2.05) is 18.2 Å². The van der Waals surface area contributed by atoms with Crippen LogP contribution in [0, 0.1) is 0 Å². The molecule has 1 atom stereocenters. The molecule has 30 heavy (non-hydrogen) atoms. The Balaban J connectivity index is 1.96. The van der Waals surface area contributed by atoms with Crippen LogP contribution in [0.3, 0.4) is 0 Å². The van der Waals surface area contributed by atoms with Crippen LogP contribution in [0.4, 0.5) is 8.78 Å². The number of likely N-dealkylation sites (N-methyl/N-ethyl adjacent to an activating group) is 1. The average Bonchev–Trinajstić information content (AvgIpc) is 2.96. The van der Waals surface area contributed by atoms with Crippen molar-refractivity contribution in [3.63, 3.8) is 0 Å². The quantitative estimate of drug-likeness (QED) is 0.636. The average molecular weight is 417 g/mol. The van der Waals surface area contributed by atoms with Crippen molar-refractivity contribution in [2.45, 2.75) is 37.8 Å². The molecule has 3 N–H and O–H groups in total.